The molecule has 0 bridgehead atoms. The number of rotatable bonds is 2. The van der Waals surface area contributed by atoms with Crippen LogP contribution in [0.25, 0.3) is 91.5 Å². The third-order valence-corrected chi connectivity index (χ3v) is 12.4. The summed E-state index contributed by atoms with van der Waals surface area (Å²) >= 11 is 1.88. The number of nitrogens with zero attached hydrogens (tertiary/aromatic N) is 2. The van der Waals surface area contributed by atoms with E-state index in [0.717, 1.165) is 5.69 Å². The van der Waals surface area contributed by atoms with Crippen LogP contribution < -0.4 is 4.90 Å². The molecule has 0 saturated carbocycles. The number of fused-ring (bicyclic) bond motifs is 15. The Morgan fingerprint density at radius 2 is 0.925 bits per heavy atom. The van der Waals surface area contributed by atoms with E-state index in [1.165, 1.54) is 103 Å². The van der Waals surface area contributed by atoms with Gasteiger partial charge < -0.3 is 9.47 Å². The average Bonchev–Trinajstić information content (AvgIpc) is 3.72. The highest BCUT2D eigenvalue weighted by molar-refractivity contribution is 7.25. The minimum Gasteiger partial charge on any atom is -0.309 e. The number of para-hydroxylation sites is 2. The standard InChI is InChI=1S/C50H30N2S/c1-3-13-35-31(11-1)21-25-43-38-16-6-5-15-37(38)39-17-7-9-19-45(39)51(49(35)43)33-23-27-41-42-28-24-34(30-48(42)53-47(41)29-33)52-46-20-10-8-18-40(46)44-26-22-32-12-2-4-14-36(32)50(44)52/h1-30H. The quantitative estimate of drug-likeness (QED) is 0.175. The molecule has 1 aliphatic rings. The molecule has 2 nitrogen and oxygen atoms in total. The smallest absolute Gasteiger partial charge is 0.0619 e. The van der Waals surface area contributed by atoms with E-state index in [1.807, 2.05) is 11.3 Å². The molecule has 0 aliphatic carbocycles. The number of aromatic nitrogens is 1. The van der Waals surface area contributed by atoms with E-state index in [1.54, 1.807) is 0 Å². The van der Waals surface area contributed by atoms with Crippen molar-refractivity contribution in [3.05, 3.63) is 182 Å². The molecular formula is C50H30N2S. The Bertz CT molecular complexity index is 3310. The van der Waals surface area contributed by atoms with Gasteiger partial charge in [-0.2, -0.15) is 0 Å². The van der Waals surface area contributed by atoms with Crippen molar-refractivity contribution < 1.29 is 0 Å². The summed E-state index contributed by atoms with van der Waals surface area (Å²) in [7, 11) is 0. The van der Waals surface area contributed by atoms with Crippen molar-refractivity contribution in [2.45, 2.75) is 0 Å². The monoisotopic (exact) mass is 690 g/mol. The average molecular weight is 691 g/mol. The van der Waals surface area contributed by atoms with Crippen LogP contribution in [0.5, 0.6) is 0 Å². The third-order valence-electron chi connectivity index (χ3n) is 11.3. The van der Waals surface area contributed by atoms with Crippen LogP contribution in [0.15, 0.2) is 182 Å². The second kappa shape index (κ2) is 10.9. The maximum Gasteiger partial charge on any atom is 0.0619 e. The molecule has 12 rings (SSSR count). The molecule has 9 aromatic carbocycles. The van der Waals surface area contributed by atoms with Crippen LogP contribution in [0.2, 0.25) is 0 Å². The summed E-state index contributed by atoms with van der Waals surface area (Å²) in [4.78, 5) is 2.51. The van der Waals surface area contributed by atoms with Crippen LogP contribution in [-0.2, 0) is 0 Å². The van der Waals surface area contributed by atoms with Gasteiger partial charge in [0.1, 0.15) is 0 Å². The van der Waals surface area contributed by atoms with Crippen LogP contribution in [0.4, 0.5) is 17.1 Å². The van der Waals surface area contributed by atoms with Gasteiger partial charge in [0, 0.05) is 64.2 Å². The van der Waals surface area contributed by atoms with E-state index >= 15 is 0 Å². The van der Waals surface area contributed by atoms with Gasteiger partial charge in [0.25, 0.3) is 0 Å². The number of benzene rings is 9. The molecule has 0 fully saturated rings. The van der Waals surface area contributed by atoms with Gasteiger partial charge in [-0.3, -0.25) is 0 Å². The van der Waals surface area contributed by atoms with Crippen molar-refractivity contribution in [1.82, 2.24) is 4.57 Å². The van der Waals surface area contributed by atoms with Crippen LogP contribution in [-0.4, -0.2) is 4.57 Å². The summed E-state index contributed by atoms with van der Waals surface area (Å²) in [5.74, 6) is 0. The molecule has 0 atom stereocenters. The predicted octanol–water partition coefficient (Wildman–Crippen LogP) is 14.6. The van der Waals surface area contributed by atoms with Crippen molar-refractivity contribution in [3.63, 3.8) is 0 Å². The van der Waals surface area contributed by atoms with E-state index < -0.39 is 0 Å². The molecule has 0 N–H and O–H groups in total. The Labute approximate surface area is 310 Å². The predicted molar refractivity (Wildman–Crippen MR) is 228 cm³/mol. The molecule has 0 saturated heterocycles. The maximum atomic E-state index is 2.51. The molecule has 53 heavy (non-hydrogen) atoms. The topological polar surface area (TPSA) is 8.17 Å². The van der Waals surface area contributed by atoms with Crippen molar-refractivity contribution in [1.29, 1.82) is 0 Å². The summed E-state index contributed by atoms with van der Waals surface area (Å²) in [6, 6.07) is 67.3. The Kier molecular flexibility index (Phi) is 5.96. The first-order valence-corrected chi connectivity index (χ1v) is 19.0. The van der Waals surface area contributed by atoms with Gasteiger partial charge >= 0.3 is 0 Å². The zero-order valence-corrected chi connectivity index (χ0v) is 29.4. The first kappa shape index (κ1) is 29.0. The second-order valence-electron chi connectivity index (χ2n) is 14.1. The summed E-state index contributed by atoms with van der Waals surface area (Å²) in [5, 5.41) is 10.2. The van der Waals surface area contributed by atoms with Gasteiger partial charge in [0.2, 0.25) is 0 Å². The number of hydrogen-bond acceptors (Lipinski definition) is 2. The third kappa shape index (κ3) is 4.08. The first-order valence-electron chi connectivity index (χ1n) is 18.2. The van der Waals surface area contributed by atoms with E-state index in [4.69, 9.17) is 0 Å². The Hall–Kier alpha value is -6.68. The minimum atomic E-state index is 1.16. The van der Waals surface area contributed by atoms with Crippen molar-refractivity contribution in [2.24, 2.45) is 0 Å². The van der Waals surface area contributed by atoms with Gasteiger partial charge in [-0.15, -0.1) is 11.3 Å². The molecule has 0 amide bonds. The van der Waals surface area contributed by atoms with Crippen LogP contribution in [0.3, 0.4) is 0 Å². The largest absolute Gasteiger partial charge is 0.309 e. The lowest BCUT2D eigenvalue weighted by Gasteiger charge is -2.28. The van der Waals surface area contributed by atoms with Crippen LogP contribution in [0, 0.1) is 0 Å². The molecule has 3 heteroatoms. The number of hydrogen-bond donors (Lipinski definition) is 0. The Morgan fingerprint density at radius 1 is 0.358 bits per heavy atom. The fourth-order valence-corrected chi connectivity index (χ4v) is 10.2. The lowest BCUT2D eigenvalue weighted by molar-refractivity contribution is 1.19. The van der Waals surface area contributed by atoms with E-state index in [0.29, 0.717) is 0 Å². The molecule has 1 aliphatic heterocycles. The van der Waals surface area contributed by atoms with Gasteiger partial charge in [0.05, 0.1) is 22.4 Å². The van der Waals surface area contributed by atoms with Crippen molar-refractivity contribution in [2.75, 3.05) is 4.90 Å². The summed E-state index contributed by atoms with van der Waals surface area (Å²) < 4.78 is 5.04. The normalized spacial score (nSPS) is 12.5. The zero-order valence-electron chi connectivity index (χ0n) is 28.6. The van der Waals surface area contributed by atoms with E-state index in [-0.39, 0.29) is 0 Å². The van der Waals surface area contributed by atoms with Gasteiger partial charge in [-0.05, 0) is 58.3 Å². The van der Waals surface area contributed by atoms with Gasteiger partial charge in [0.15, 0.2) is 0 Å². The highest BCUT2D eigenvalue weighted by Crippen LogP contribution is 2.53. The van der Waals surface area contributed by atoms with E-state index in [9.17, 15) is 0 Å². The molecule has 11 aromatic rings. The maximum absolute atomic E-state index is 2.51. The van der Waals surface area contributed by atoms with Crippen LogP contribution in [0.1, 0.15) is 0 Å². The summed E-state index contributed by atoms with van der Waals surface area (Å²) in [6.07, 6.45) is 0. The number of anilines is 3. The number of thiophene rings is 1. The second-order valence-corrected chi connectivity index (χ2v) is 15.2. The molecule has 0 radical (unpaired) electrons. The fraction of sp³-hybridized carbons (Fsp3) is 0. The highest BCUT2D eigenvalue weighted by atomic mass is 32.1. The first-order chi connectivity index (χ1) is 26.3. The highest BCUT2D eigenvalue weighted by Gasteiger charge is 2.28. The van der Waals surface area contributed by atoms with Crippen molar-refractivity contribution >= 4 is 91.9 Å². The molecule has 0 unspecified atom stereocenters. The van der Waals surface area contributed by atoms with E-state index in [2.05, 4.69) is 191 Å². The Balaban J connectivity index is 1.09. The molecule has 3 heterocycles. The zero-order chi connectivity index (χ0) is 34.6. The minimum absolute atomic E-state index is 1.16. The fourth-order valence-electron chi connectivity index (χ4n) is 8.98. The van der Waals surface area contributed by atoms with Gasteiger partial charge in [-0.25, -0.2) is 0 Å². The van der Waals surface area contributed by atoms with Crippen LogP contribution >= 0.6 is 11.3 Å². The SMILES string of the molecule is c1ccc2c(c1)-c1ccccc1N(c1ccc3c(c1)sc1cc(-n4c5ccccc5c5ccc6ccccc6c54)ccc13)c1c-2ccc2ccccc12. The van der Waals surface area contributed by atoms with Crippen molar-refractivity contribution in [3.8, 4) is 27.9 Å². The molecule has 246 valence electrons. The molecule has 2 aromatic heterocycles. The molecular weight excluding hydrogens is 661 g/mol. The van der Waals surface area contributed by atoms with Gasteiger partial charge in [-0.1, -0.05) is 146 Å². The lowest BCUT2D eigenvalue weighted by Crippen LogP contribution is -2.11. The summed E-state index contributed by atoms with van der Waals surface area (Å²) in [5.41, 5.74) is 12.3. The molecule has 0 spiro atoms. The summed E-state index contributed by atoms with van der Waals surface area (Å²) in [6.45, 7) is 0. The lowest BCUT2D eigenvalue weighted by atomic mass is 9.93. The Morgan fingerprint density at radius 3 is 1.74 bits per heavy atom.